The second-order valence-electron chi connectivity index (χ2n) is 14.4. The maximum absolute atomic E-state index is 13.4. The van der Waals surface area contributed by atoms with Crippen LogP contribution in [-0.4, -0.2) is 192 Å². The van der Waals surface area contributed by atoms with E-state index in [0.717, 1.165) is 22.4 Å². The average Bonchev–Trinajstić information content (AvgIpc) is 3.31. The molecule has 19 heteroatoms. The van der Waals surface area contributed by atoms with Crippen molar-refractivity contribution in [3.63, 3.8) is 0 Å². The van der Waals surface area contributed by atoms with Gasteiger partial charge in [-0.15, -0.1) is 0 Å². The van der Waals surface area contributed by atoms with Crippen LogP contribution in [0, 0.1) is 11.8 Å². The van der Waals surface area contributed by atoms with Gasteiger partial charge in [-0.05, 0) is 23.8 Å². The van der Waals surface area contributed by atoms with E-state index in [1.807, 2.05) is 48.5 Å². The summed E-state index contributed by atoms with van der Waals surface area (Å²) in [7, 11) is 0. The largest absolute Gasteiger partial charge is 0.481 e. The van der Waals surface area contributed by atoms with Crippen molar-refractivity contribution >= 4 is 29.4 Å². The molecule has 19 nitrogen and oxygen atoms in total. The number of para-hydroxylation sites is 1. The summed E-state index contributed by atoms with van der Waals surface area (Å²) in [6, 6.07) is 15.3. The third kappa shape index (κ3) is 26.6. The van der Waals surface area contributed by atoms with Gasteiger partial charge in [-0.3, -0.25) is 19.2 Å². The van der Waals surface area contributed by atoms with E-state index in [9.17, 15) is 19.2 Å². The van der Waals surface area contributed by atoms with E-state index in [1.54, 1.807) is 9.80 Å². The average molecular weight is 931 g/mol. The predicted molar refractivity (Wildman–Crippen MR) is 243 cm³/mol. The van der Waals surface area contributed by atoms with Crippen LogP contribution in [-0.2, 0) is 73.1 Å². The van der Waals surface area contributed by atoms with Gasteiger partial charge in [0.15, 0.2) is 0 Å². The predicted octanol–water partition coefficient (Wildman–Crippen LogP) is 1.65. The smallest absolute Gasteiger partial charge is 0.305 e. The van der Waals surface area contributed by atoms with E-state index in [4.69, 9.17) is 58.2 Å². The second kappa shape index (κ2) is 37.5. The molecule has 2 aromatic carbocycles. The van der Waals surface area contributed by atoms with Gasteiger partial charge in [-0.1, -0.05) is 42.2 Å². The number of carbonyl (C=O) groups is 4. The monoisotopic (exact) mass is 930 g/mol. The van der Waals surface area contributed by atoms with Crippen molar-refractivity contribution in [2.24, 2.45) is 5.73 Å². The minimum Gasteiger partial charge on any atom is -0.481 e. The van der Waals surface area contributed by atoms with Crippen LogP contribution >= 0.6 is 0 Å². The van der Waals surface area contributed by atoms with Crippen LogP contribution in [0.1, 0.15) is 42.4 Å². The first-order chi connectivity index (χ1) is 32.4. The number of anilines is 1. The van der Waals surface area contributed by atoms with Crippen molar-refractivity contribution in [1.29, 1.82) is 0 Å². The highest BCUT2D eigenvalue weighted by atomic mass is 16.6. The number of fused-ring (bicyclic) bond motifs is 2. The van der Waals surface area contributed by atoms with Crippen LogP contribution in [0.5, 0.6) is 0 Å². The lowest BCUT2D eigenvalue weighted by molar-refractivity contribution is -0.138. The molecule has 1 heterocycles. The quantitative estimate of drug-likeness (QED) is 0.0637. The highest BCUT2D eigenvalue weighted by Crippen LogP contribution is 2.26. The molecule has 0 fully saturated rings. The lowest BCUT2D eigenvalue weighted by Gasteiger charge is -2.26. The Hall–Kier alpha value is -4.56. The number of nitrogens with two attached hydrogens (primary N) is 1. The molecule has 0 spiro atoms. The van der Waals surface area contributed by atoms with Crippen molar-refractivity contribution < 1.29 is 71.7 Å². The zero-order valence-electron chi connectivity index (χ0n) is 38.3. The lowest BCUT2D eigenvalue weighted by Crippen LogP contribution is -2.37. The van der Waals surface area contributed by atoms with Crippen LogP contribution in [0.2, 0.25) is 0 Å². The normalized spacial score (nSPS) is 11.8. The molecule has 0 saturated heterocycles. The molecule has 368 valence electrons. The minimum absolute atomic E-state index is 0.0406. The number of nitrogens with zero attached hydrogens (tertiary/aromatic N) is 2. The SMILES string of the molecule is NCCOCCOCCOCCN(CCOCCOCCOCCNC(=O)CCC(=O)N1Cc2ccccc2C#Cc2ccccc21)C(=O)CCOCCOCCOCCOCCC(=O)O. The van der Waals surface area contributed by atoms with Gasteiger partial charge in [0, 0.05) is 50.1 Å². The number of amides is 3. The van der Waals surface area contributed by atoms with Crippen molar-refractivity contribution in [3.8, 4) is 11.8 Å². The zero-order valence-corrected chi connectivity index (χ0v) is 38.3. The summed E-state index contributed by atoms with van der Waals surface area (Å²) in [5, 5.41) is 11.4. The molecule has 1 aliphatic heterocycles. The summed E-state index contributed by atoms with van der Waals surface area (Å²) < 4.78 is 55.0. The van der Waals surface area contributed by atoms with Crippen molar-refractivity contribution in [2.75, 3.05) is 163 Å². The van der Waals surface area contributed by atoms with Gasteiger partial charge in [-0.25, -0.2) is 0 Å². The molecule has 3 amide bonds. The molecule has 0 bridgehead atoms. The molecule has 1 aliphatic rings. The van der Waals surface area contributed by atoms with Crippen LogP contribution in [0.15, 0.2) is 48.5 Å². The molecule has 0 aromatic heterocycles. The van der Waals surface area contributed by atoms with Crippen molar-refractivity contribution in [1.82, 2.24) is 10.2 Å². The Morgan fingerprint density at radius 1 is 0.545 bits per heavy atom. The van der Waals surface area contributed by atoms with Gasteiger partial charge >= 0.3 is 5.97 Å². The number of hydrogen-bond donors (Lipinski definition) is 3. The lowest BCUT2D eigenvalue weighted by atomic mass is 10.0. The molecule has 0 atom stereocenters. The Kier molecular flexibility index (Phi) is 31.7. The Labute approximate surface area is 388 Å². The van der Waals surface area contributed by atoms with Crippen LogP contribution in [0.3, 0.4) is 0 Å². The molecule has 0 aliphatic carbocycles. The highest BCUT2D eigenvalue weighted by Gasteiger charge is 2.22. The molecule has 0 radical (unpaired) electrons. The molecular weight excluding hydrogens is 861 g/mol. The Morgan fingerprint density at radius 2 is 1.00 bits per heavy atom. The number of carbonyl (C=O) groups excluding carboxylic acids is 3. The molecule has 66 heavy (non-hydrogen) atoms. The van der Waals surface area contributed by atoms with E-state index in [0.29, 0.717) is 152 Å². The fourth-order valence-electron chi connectivity index (χ4n) is 6.03. The minimum atomic E-state index is -0.903. The summed E-state index contributed by atoms with van der Waals surface area (Å²) in [5.74, 6) is 5.02. The number of hydrogen-bond acceptors (Lipinski definition) is 15. The number of ether oxygens (including phenoxy) is 10. The van der Waals surface area contributed by atoms with Crippen LogP contribution in [0.25, 0.3) is 0 Å². The Bertz CT molecular complexity index is 1710. The van der Waals surface area contributed by atoms with E-state index in [1.165, 1.54) is 0 Å². The number of rotatable bonds is 41. The molecule has 4 N–H and O–H groups in total. The fraction of sp³-hybridized carbons (Fsp3) is 0.617. The summed E-state index contributed by atoms with van der Waals surface area (Å²) >= 11 is 0. The van der Waals surface area contributed by atoms with Crippen LogP contribution in [0.4, 0.5) is 5.69 Å². The third-order valence-electron chi connectivity index (χ3n) is 9.46. The number of carboxylic acids is 1. The standard InChI is InChI=1S/C47H70N4O15/c48-15-21-59-27-33-65-35-29-61-23-17-50(45(53)13-19-57-25-31-63-37-38-64-32-26-58-20-14-47(55)56)18-24-62-30-36-66-34-28-60-22-16-49-44(52)11-12-46(54)51-39-42-7-2-1-5-40(42)9-10-41-6-3-4-8-43(41)51/h1-8H,11-39,48H2,(H,49,52)(H,55,56). The number of carboxylic acid groups (broad SMARTS) is 1. The molecule has 0 saturated carbocycles. The first kappa shape index (κ1) is 55.8. The van der Waals surface area contributed by atoms with Gasteiger partial charge in [-0.2, -0.15) is 0 Å². The van der Waals surface area contributed by atoms with Gasteiger partial charge in [0.25, 0.3) is 0 Å². The maximum atomic E-state index is 13.4. The van der Waals surface area contributed by atoms with E-state index in [2.05, 4.69) is 17.2 Å². The fourth-order valence-corrected chi connectivity index (χ4v) is 6.03. The molecule has 2 aromatic rings. The molecular formula is C47H70N4O15. The number of aliphatic carboxylic acids is 1. The summed E-state index contributed by atoms with van der Waals surface area (Å²) in [4.78, 5) is 52.8. The highest BCUT2D eigenvalue weighted by molar-refractivity contribution is 5.96. The zero-order chi connectivity index (χ0) is 47.1. The first-order valence-electron chi connectivity index (χ1n) is 22.6. The third-order valence-corrected chi connectivity index (χ3v) is 9.46. The molecule has 3 rings (SSSR count). The summed E-state index contributed by atoms with van der Waals surface area (Å²) in [6.07, 6.45) is 0.256. The number of benzene rings is 2. The summed E-state index contributed by atoms with van der Waals surface area (Å²) in [6.45, 7) is 8.81. The van der Waals surface area contributed by atoms with Crippen LogP contribution < -0.4 is 16.0 Å². The molecule has 0 unspecified atom stereocenters. The van der Waals surface area contributed by atoms with E-state index < -0.39 is 5.97 Å². The second-order valence-corrected chi connectivity index (χ2v) is 14.4. The van der Waals surface area contributed by atoms with E-state index in [-0.39, 0.29) is 56.6 Å². The van der Waals surface area contributed by atoms with Gasteiger partial charge in [0.05, 0.1) is 157 Å². The first-order valence-corrected chi connectivity index (χ1v) is 22.6. The maximum Gasteiger partial charge on any atom is 0.305 e. The van der Waals surface area contributed by atoms with Crippen molar-refractivity contribution in [3.05, 3.63) is 65.2 Å². The topological polar surface area (TPSA) is 225 Å². The Morgan fingerprint density at radius 3 is 1.56 bits per heavy atom. The Balaban J connectivity index is 1.21. The van der Waals surface area contributed by atoms with E-state index >= 15 is 0 Å². The van der Waals surface area contributed by atoms with Crippen molar-refractivity contribution in [2.45, 2.75) is 32.2 Å². The summed E-state index contributed by atoms with van der Waals surface area (Å²) in [5.41, 5.74) is 8.74. The number of nitrogens with one attached hydrogen (secondary N) is 1. The van der Waals surface area contributed by atoms with Gasteiger partial charge in [0.1, 0.15) is 0 Å². The van der Waals surface area contributed by atoms with Gasteiger partial charge < -0.3 is 73.3 Å². The van der Waals surface area contributed by atoms with Gasteiger partial charge in [0.2, 0.25) is 17.7 Å².